The molecule has 1 saturated heterocycles. The molecule has 2 N–H and O–H groups in total. The number of fused-ring (bicyclic) bond motifs is 1. The molecule has 178 valence electrons. The predicted molar refractivity (Wildman–Crippen MR) is 127 cm³/mol. The Morgan fingerprint density at radius 3 is 2.66 bits per heavy atom. The molecule has 2 aliphatic rings. The van der Waals surface area contributed by atoms with E-state index >= 15 is 0 Å². The molecule has 10 heteroatoms. The Hall–Kier alpha value is -1.77. The second kappa shape index (κ2) is 10.9. The number of halogens is 5. The second-order valence-corrected chi connectivity index (χ2v) is 8.19. The molecule has 1 fully saturated rings. The predicted octanol–water partition coefficient (Wildman–Crippen LogP) is 5.46. The first-order chi connectivity index (χ1) is 14.3. The highest BCUT2D eigenvalue weighted by Gasteiger charge is 2.33. The van der Waals surface area contributed by atoms with Crippen LogP contribution in [0.1, 0.15) is 48.6 Å². The minimum atomic E-state index is -4.39. The van der Waals surface area contributed by atoms with Gasteiger partial charge in [-0.15, -0.1) is 24.8 Å². The fourth-order valence-corrected chi connectivity index (χ4v) is 4.33. The summed E-state index contributed by atoms with van der Waals surface area (Å²) in [6.07, 6.45) is 0.651. The number of benzene rings is 1. The van der Waals surface area contributed by atoms with Gasteiger partial charge in [0.05, 0.1) is 11.3 Å². The van der Waals surface area contributed by atoms with Gasteiger partial charge in [0, 0.05) is 30.4 Å². The average molecular weight is 492 g/mol. The van der Waals surface area contributed by atoms with Crippen LogP contribution in [0.4, 0.5) is 30.6 Å². The van der Waals surface area contributed by atoms with E-state index in [1.54, 1.807) is 6.07 Å². The third-order valence-corrected chi connectivity index (χ3v) is 5.88. The maximum absolute atomic E-state index is 13.3. The zero-order chi connectivity index (χ0) is 21.3. The van der Waals surface area contributed by atoms with Crippen molar-refractivity contribution in [2.45, 2.75) is 58.2 Å². The SMILES string of the molecule is CCCN[C@H]1CCN(c2nc(Nc3ccc(C)c(C(F)(F)F)c3)nc3c2CCC3)C1.Cl.Cl. The quantitative estimate of drug-likeness (QED) is 0.561. The van der Waals surface area contributed by atoms with Gasteiger partial charge in [-0.1, -0.05) is 13.0 Å². The number of rotatable bonds is 6. The summed E-state index contributed by atoms with van der Waals surface area (Å²) in [5.74, 6) is 1.30. The van der Waals surface area contributed by atoms with Crippen LogP contribution in [-0.4, -0.2) is 35.6 Å². The van der Waals surface area contributed by atoms with Crippen molar-refractivity contribution in [2.24, 2.45) is 0 Å². The molecule has 1 aliphatic carbocycles. The molecule has 0 amide bonds. The number of nitrogens with zero attached hydrogens (tertiary/aromatic N) is 3. The van der Waals surface area contributed by atoms with Gasteiger partial charge in [-0.25, -0.2) is 4.98 Å². The minimum absolute atomic E-state index is 0. The summed E-state index contributed by atoms with van der Waals surface area (Å²) in [4.78, 5) is 11.7. The van der Waals surface area contributed by atoms with Gasteiger partial charge in [0.2, 0.25) is 5.95 Å². The van der Waals surface area contributed by atoms with Crippen LogP contribution in [0.3, 0.4) is 0 Å². The van der Waals surface area contributed by atoms with Gasteiger partial charge in [0.25, 0.3) is 0 Å². The van der Waals surface area contributed by atoms with Crippen LogP contribution in [0.5, 0.6) is 0 Å². The molecule has 2 heterocycles. The highest BCUT2D eigenvalue weighted by Crippen LogP contribution is 2.35. The van der Waals surface area contributed by atoms with Gasteiger partial charge in [-0.05, 0) is 63.3 Å². The Morgan fingerprint density at radius 2 is 1.94 bits per heavy atom. The van der Waals surface area contributed by atoms with Gasteiger partial charge in [0.1, 0.15) is 5.82 Å². The van der Waals surface area contributed by atoms with E-state index in [1.807, 2.05) is 0 Å². The molecule has 0 bridgehead atoms. The normalized spacial score (nSPS) is 17.5. The van der Waals surface area contributed by atoms with Crippen LogP contribution in [-0.2, 0) is 19.0 Å². The Morgan fingerprint density at radius 1 is 1.16 bits per heavy atom. The summed E-state index contributed by atoms with van der Waals surface area (Å²) < 4.78 is 39.8. The van der Waals surface area contributed by atoms with Gasteiger partial charge < -0.3 is 15.5 Å². The van der Waals surface area contributed by atoms with Crippen LogP contribution in [0.15, 0.2) is 18.2 Å². The first-order valence-corrected chi connectivity index (χ1v) is 10.7. The third kappa shape index (κ3) is 5.77. The number of hydrogen-bond acceptors (Lipinski definition) is 5. The lowest BCUT2D eigenvalue weighted by atomic mass is 10.1. The lowest BCUT2D eigenvalue weighted by molar-refractivity contribution is -0.138. The van der Waals surface area contributed by atoms with E-state index in [2.05, 4.69) is 27.4 Å². The van der Waals surface area contributed by atoms with Crippen molar-refractivity contribution in [3.05, 3.63) is 40.6 Å². The summed E-state index contributed by atoms with van der Waals surface area (Å²) in [6.45, 7) is 6.44. The first kappa shape index (κ1) is 26.5. The molecule has 1 aromatic heterocycles. The van der Waals surface area contributed by atoms with Gasteiger partial charge in [0.15, 0.2) is 0 Å². The largest absolute Gasteiger partial charge is 0.416 e. The standard InChI is InChI=1S/C22H28F3N5.2ClH/c1-3-10-26-16-9-11-30(13-16)20-17-5-4-6-19(17)28-21(29-20)27-15-8-7-14(2)18(12-15)22(23,24)25;;/h7-8,12,16,26H,3-6,9-11,13H2,1-2H3,(H,27,28,29);2*1H/t16-;;/m0../s1. The van der Waals surface area contributed by atoms with Gasteiger partial charge in [-0.2, -0.15) is 18.2 Å². The number of alkyl halides is 3. The molecule has 2 aromatic rings. The lowest BCUT2D eigenvalue weighted by Gasteiger charge is -2.22. The second-order valence-electron chi connectivity index (χ2n) is 8.19. The summed E-state index contributed by atoms with van der Waals surface area (Å²) >= 11 is 0. The maximum Gasteiger partial charge on any atom is 0.416 e. The minimum Gasteiger partial charge on any atom is -0.355 e. The number of nitrogens with one attached hydrogen (secondary N) is 2. The summed E-state index contributed by atoms with van der Waals surface area (Å²) in [5, 5.41) is 6.59. The fourth-order valence-electron chi connectivity index (χ4n) is 4.33. The molecule has 32 heavy (non-hydrogen) atoms. The topological polar surface area (TPSA) is 53.1 Å². The fraction of sp³-hybridized carbons (Fsp3) is 0.545. The maximum atomic E-state index is 13.3. The molecule has 1 atom stereocenters. The van der Waals surface area contributed by atoms with E-state index in [0.717, 1.165) is 69.3 Å². The molecule has 0 unspecified atom stereocenters. The number of aromatic nitrogens is 2. The van der Waals surface area contributed by atoms with Crippen molar-refractivity contribution >= 4 is 42.3 Å². The molecule has 4 rings (SSSR count). The molecule has 0 saturated carbocycles. The Balaban J connectivity index is 0.00000181. The van der Waals surface area contributed by atoms with E-state index < -0.39 is 11.7 Å². The van der Waals surface area contributed by atoms with Crippen molar-refractivity contribution in [1.29, 1.82) is 0 Å². The monoisotopic (exact) mass is 491 g/mol. The number of hydrogen-bond donors (Lipinski definition) is 2. The summed E-state index contributed by atoms with van der Waals surface area (Å²) in [7, 11) is 0. The Labute approximate surface area is 199 Å². The molecule has 0 radical (unpaired) electrons. The number of anilines is 3. The van der Waals surface area contributed by atoms with Crippen molar-refractivity contribution in [2.75, 3.05) is 29.9 Å². The Bertz CT molecular complexity index is 923. The van der Waals surface area contributed by atoms with Crippen LogP contribution < -0.4 is 15.5 Å². The zero-order valence-corrected chi connectivity index (χ0v) is 19.9. The molecule has 0 spiro atoms. The summed E-state index contributed by atoms with van der Waals surface area (Å²) in [5.41, 5.74) is 2.11. The van der Waals surface area contributed by atoms with E-state index in [9.17, 15) is 13.2 Å². The molecule has 5 nitrogen and oxygen atoms in total. The van der Waals surface area contributed by atoms with Crippen LogP contribution >= 0.6 is 24.8 Å². The van der Waals surface area contributed by atoms with Crippen LogP contribution in [0.25, 0.3) is 0 Å². The smallest absolute Gasteiger partial charge is 0.355 e. The highest BCUT2D eigenvalue weighted by atomic mass is 35.5. The van der Waals surface area contributed by atoms with Crippen LogP contribution in [0, 0.1) is 6.92 Å². The molecular formula is C22H30Cl2F3N5. The molecule has 1 aliphatic heterocycles. The van der Waals surface area contributed by atoms with E-state index in [0.29, 0.717) is 17.7 Å². The van der Waals surface area contributed by atoms with Gasteiger partial charge >= 0.3 is 6.18 Å². The van der Waals surface area contributed by atoms with E-state index in [1.165, 1.54) is 18.6 Å². The molecule has 1 aromatic carbocycles. The first-order valence-electron chi connectivity index (χ1n) is 10.7. The van der Waals surface area contributed by atoms with Crippen molar-refractivity contribution in [1.82, 2.24) is 15.3 Å². The number of aryl methyl sites for hydroxylation is 2. The van der Waals surface area contributed by atoms with Crippen LogP contribution in [0.2, 0.25) is 0 Å². The van der Waals surface area contributed by atoms with E-state index in [-0.39, 0.29) is 30.4 Å². The van der Waals surface area contributed by atoms with Crippen molar-refractivity contribution in [3.63, 3.8) is 0 Å². The Kier molecular flexibility index (Phi) is 9.02. The zero-order valence-electron chi connectivity index (χ0n) is 18.3. The molecular weight excluding hydrogens is 462 g/mol. The lowest BCUT2D eigenvalue weighted by Crippen LogP contribution is -2.33. The summed E-state index contributed by atoms with van der Waals surface area (Å²) in [6, 6.07) is 4.69. The van der Waals surface area contributed by atoms with E-state index in [4.69, 9.17) is 4.98 Å². The van der Waals surface area contributed by atoms with Gasteiger partial charge in [-0.3, -0.25) is 0 Å². The van der Waals surface area contributed by atoms with Crippen molar-refractivity contribution < 1.29 is 13.2 Å². The van der Waals surface area contributed by atoms with Crippen molar-refractivity contribution in [3.8, 4) is 0 Å². The average Bonchev–Trinajstić information content (AvgIpc) is 3.35. The highest BCUT2D eigenvalue weighted by molar-refractivity contribution is 5.85. The third-order valence-electron chi connectivity index (χ3n) is 5.88.